The lowest BCUT2D eigenvalue weighted by atomic mass is 9.85. The third-order valence-electron chi connectivity index (χ3n) is 6.87. The van der Waals surface area contributed by atoms with E-state index in [0.29, 0.717) is 11.3 Å². The van der Waals surface area contributed by atoms with Gasteiger partial charge in [-0.2, -0.15) is 0 Å². The molecule has 1 aromatic heterocycles. The number of halogens is 1. The summed E-state index contributed by atoms with van der Waals surface area (Å²) in [7, 11) is 0. The minimum Gasteiger partial charge on any atom is -0.456 e. The monoisotopic (exact) mass is 604 g/mol. The van der Waals surface area contributed by atoms with E-state index in [9.17, 15) is 24.5 Å². The highest BCUT2D eigenvalue weighted by molar-refractivity contribution is 9.10. The SMILES string of the molecule is CC(=O)OC(c1cn2c(n1)CCC(C)(C)C2)C1(Br)C(=O)N2C(C(=O)OCc3ccc([N+](=O)[O-])cc3)=CSC21. The van der Waals surface area contributed by atoms with Gasteiger partial charge in [0.2, 0.25) is 0 Å². The number of nitrogens with zero attached hydrogens (tertiary/aromatic N) is 4. The van der Waals surface area contributed by atoms with Crippen LogP contribution in [0, 0.1) is 15.5 Å². The van der Waals surface area contributed by atoms with E-state index in [-0.39, 0.29) is 23.4 Å². The maximum Gasteiger partial charge on any atom is 0.355 e. The number of carbonyl (C=O) groups is 3. The maximum absolute atomic E-state index is 13.5. The molecule has 0 saturated carbocycles. The van der Waals surface area contributed by atoms with Crippen molar-refractivity contribution >= 4 is 51.2 Å². The van der Waals surface area contributed by atoms with Crippen LogP contribution in [0.3, 0.4) is 0 Å². The standard InChI is InChI=1S/C25H25BrN4O7S/c1-14(31)37-20(17-10-28-13-24(2,3)9-8-19(28)27-17)25(26)22(33)29-18(12-38-23(25)29)21(32)36-11-15-4-6-16(7-5-15)30(34)35/h4-7,10,12,20,23H,8-9,11,13H2,1-3H3. The molecular weight excluding hydrogens is 580 g/mol. The lowest BCUT2D eigenvalue weighted by molar-refractivity contribution is -0.384. The summed E-state index contributed by atoms with van der Waals surface area (Å²) in [5.74, 6) is -0.817. The summed E-state index contributed by atoms with van der Waals surface area (Å²) in [6.07, 6.45) is 2.60. The van der Waals surface area contributed by atoms with Gasteiger partial charge in [-0.1, -0.05) is 29.8 Å². The molecule has 4 heterocycles. The van der Waals surface area contributed by atoms with Gasteiger partial charge in [-0.15, -0.1) is 11.8 Å². The zero-order chi connectivity index (χ0) is 27.4. The van der Waals surface area contributed by atoms with Gasteiger partial charge in [0.1, 0.15) is 29.2 Å². The fourth-order valence-corrected chi connectivity index (χ4v) is 7.15. The lowest BCUT2D eigenvalue weighted by Gasteiger charge is -2.51. The summed E-state index contributed by atoms with van der Waals surface area (Å²) in [5, 5.41) is 11.8. The lowest BCUT2D eigenvalue weighted by Crippen LogP contribution is -2.70. The molecule has 1 aromatic carbocycles. The molecule has 5 rings (SSSR count). The van der Waals surface area contributed by atoms with Crippen LogP contribution in [0.2, 0.25) is 0 Å². The molecule has 1 saturated heterocycles. The Kier molecular flexibility index (Phi) is 6.62. The normalized spacial score (nSPS) is 24.0. The molecule has 200 valence electrons. The second-order valence-corrected chi connectivity index (χ2v) is 12.6. The first kappa shape index (κ1) is 26.4. The molecule has 38 heavy (non-hydrogen) atoms. The van der Waals surface area contributed by atoms with E-state index < -0.39 is 38.6 Å². The van der Waals surface area contributed by atoms with Crippen LogP contribution in [0.15, 0.2) is 41.6 Å². The average molecular weight is 605 g/mol. The number of hydrogen-bond acceptors (Lipinski definition) is 9. The Morgan fingerprint density at radius 2 is 2.03 bits per heavy atom. The molecule has 3 unspecified atom stereocenters. The number of aromatic nitrogens is 2. The summed E-state index contributed by atoms with van der Waals surface area (Å²) in [6.45, 7) is 6.30. The fraction of sp³-hybridized carbons (Fsp3) is 0.440. The van der Waals surface area contributed by atoms with Crippen molar-refractivity contribution in [1.82, 2.24) is 14.5 Å². The molecule has 0 N–H and O–H groups in total. The van der Waals surface area contributed by atoms with Crippen LogP contribution < -0.4 is 0 Å². The number of fused-ring (bicyclic) bond motifs is 2. The number of esters is 2. The Balaban J connectivity index is 1.31. The summed E-state index contributed by atoms with van der Waals surface area (Å²) >= 11 is 4.82. The third kappa shape index (κ3) is 4.51. The molecule has 0 radical (unpaired) electrons. The van der Waals surface area contributed by atoms with Gasteiger partial charge in [0.25, 0.3) is 11.6 Å². The van der Waals surface area contributed by atoms with E-state index in [2.05, 4.69) is 29.8 Å². The van der Waals surface area contributed by atoms with Gasteiger partial charge in [-0.3, -0.25) is 24.6 Å². The minimum absolute atomic E-state index is 0.0673. The van der Waals surface area contributed by atoms with Crippen LogP contribution in [0.25, 0.3) is 0 Å². The van der Waals surface area contributed by atoms with E-state index in [1.165, 1.54) is 47.9 Å². The Morgan fingerprint density at radius 3 is 2.68 bits per heavy atom. The maximum atomic E-state index is 13.5. The molecule has 0 aliphatic carbocycles. The molecule has 1 fully saturated rings. The van der Waals surface area contributed by atoms with Crippen LogP contribution in [-0.2, 0) is 43.4 Å². The fourth-order valence-electron chi connectivity index (χ4n) is 4.88. The molecule has 0 spiro atoms. The minimum atomic E-state index is -1.32. The molecular formula is C25H25BrN4O7S. The zero-order valence-electron chi connectivity index (χ0n) is 20.9. The van der Waals surface area contributed by atoms with Crippen LogP contribution >= 0.6 is 27.7 Å². The van der Waals surface area contributed by atoms with E-state index in [1.54, 1.807) is 5.41 Å². The molecule has 0 bridgehead atoms. The van der Waals surface area contributed by atoms with Crippen molar-refractivity contribution in [2.75, 3.05) is 0 Å². The number of alkyl halides is 1. The number of nitro benzene ring substituents is 1. The van der Waals surface area contributed by atoms with Crippen molar-refractivity contribution in [3.63, 3.8) is 0 Å². The van der Waals surface area contributed by atoms with Gasteiger partial charge < -0.3 is 14.0 Å². The first-order chi connectivity index (χ1) is 17.9. The summed E-state index contributed by atoms with van der Waals surface area (Å²) in [4.78, 5) is 54.8. The van der Waals surface area contributed by atoms with Crippen LogP contribution in [-0.4, -0.2) is 46.9 Å². The van der Waals surface area contributed by atoms with E-state index in [1.807, 2.05) is 10.8 Å². The van der Waals surface area contributed by atoms with Gasteiger partial charge in [-0.05, 0) is 29.5 Å². The highest BCUT2D eigenvalue weighted by Crippen LogP contribution is 2.58. The van der Waals surface area contributed by atoms with E-state index in [0.717, 1.165) is 25.2 Å². The van der Waals surface area contributed by atoms with Crippen LogP contribution in [0.1, 0.15) is 50.4 Å². The van der Waals surface area contributed by atoms with Crippen molar-refractivity contribution in [2.24, 2.45) is 5.41 Å². The second-order valence-electron chi connectivity index (χ2n) is 10.3. The predicted octanol–water partition coefficient (Wildman–Crippen LogP) is 4.00. The van der Waals surface area contributed by atoms with Gasteiger partial charge >= 0.3 is 11.9 Å². The zero-order valence-corrected chi connectivity index (χ0v) is 23.3. The van der Waals surface area contributed by atoms with Gasteiger partial charge in [0, 0.05) is 43.6 Å². The first-order valence-corrected chi connectivity index (χ1v) is 13.7. The molecule has 11 nitrogen and oxygen atoms in total. The topological polar surface area (TPSA) is 134 Å². The third-order valence-corrected chi connectivity index (χ3v) is 9.56. The van der Waals surface area contributed by atoms with Gasteiger partial charge in [0.15, 0.2) is 10.4 Å². The molecule has 3 aliphatic rings. The van der Waals surface area contributed by atoms with Crippen molar-refractivity contribution < 1.29 is 28.8 Å². The molecule has 2 aromatic rings. The number of rotatable bonds is 7. The highest BCUT2D eigenvalue weighted by Gasteiger charge is 2.69. The number of imidazole rings is 1. The molecule has 3 atom stereocenters. The van der Waals surface area contributed by atoms with Crippen molar-refractivity contribution in [2.45, 2.75) is 62.6 Å². The number of carbonyl (C=O) groups excluding carboxylic acids is 3. The number of β-lactam (4-membered cyclic amide) rings is 1. The number of ether oxygens (including phenoxy) is 2. The number of hydrogen-bond donors (Lipinski definition) is 0. The summed E-state index contributed by atoms with van der Waals surface area (Å²) < 4.78 is 11.8. The Hall–Kier alpha value is -3.19. The Bertz CT molecular complexity index is 1370. The van der Waals surface area contributed by atoms with E-state index in [4.69, 9.17) is 14.5 Å². The highest BCUT2D eigenvalue weighted by atomic mass is 79.9. The van der Waals surface area contributed by atoms with Gasteiger partial charge in [-0.25, -0.2) is 9.78 Å². The number of benzene rings is 1. The number of thioether (sulfide) groups is 1. The summed E-state index contributed by atoms with van der Waals surface area (Å²) in [5.41, 5.74) is 1.16. The second kappa shape index (κ2) is 9.53. The Labute approximate surface area is 230 Å². The number of non-ortho nitro benzene ring substituents is 1. The number of amides is 1. The van der Waals surface area contributed by atoms with E-state index >= 15 is 0 Å². The molecule has 1 amide bonds. The molecule has 3 aliphatic heterocycles. The number of nitro groups is 1. The first-order valence-electron chi connectivity index (χ1n) is 11.9. The number of aryl methyl sites for hydroxylation is 1. The van der Waals surface area contributed by atoms with Crippen LogP contribution in [0.5, 0.6) is 0 Å². The smallest absolute Gasteiger partial charge is 0.355 e. The van der Waals surface area contributed by atoms with Crippen molar-refractivity contribution in [1.29, 1.82) is 0 Å². The predicted molar refractivity (Wildman–Crippen MR) is 140 cm³/mol. The summed E-state index contributed by atoms with van der Waals surface area (Å²) in [6, 6.07) is 5.65. The van der Waals surface area contributed by atoms with Crippen molar-refractivity contribution in [3.05, 3.63) is 68.8 Å². The quantitative estimate of drug-likeness (QED) is 0.151. The van der Waals surface area contributed by atoms with Gasteiger partial charge in [0.05, 0.1) is 4.92 Å². The Morgan fingerprint density at radius 1 is 1.32 bits per heavy atom. The largest absolute Gasteiger partial charge is 0.456 e. The average Bonchev–Trinajstić information content (AvgIpc) is 3.47. The molecule has 13 heteroatoms. The van der Waals surface area contributed by atoms with Crippen molar-refractivity contribution in [3.8, 4) is 0 Å². The van der Waals surface area contributed by atoms with Crippen LogP contribution in [0.4, 0.5) is 5.69 Å².